The molecule has 1 saturated heterocycles. The lowest BCUT2D eigenvalue weighted by Crippen LogP contribution is -2.44. The number of hydrogen-bond acceptors (Lipinski definition) is 6. The molecule has 0 radical (unpaired) electrons. The number of halogens is 1. The zero-order valence-corrected chi connectivity index (χ0v) is 16.4. The van der Waals surface area contributed by atoms with Gasteiger partial charge in [-0.05, 0) is 31.2 Å². The Morgan fingerprint density at radius 2 is 2.04 bits per heavy atom. The number of nitrogens with zero attached hydrogens (tertiary/aromatic N) is 2. The van der Waals surface area contributed by atoms with E-state index in [1.807, 2.05) is 13.0 Å². The number of amides is 2. The molecule has 1 aromatic rings. The van der Waals surface area contributed by atoms with Crippen LogP contribution in [-0.4, -0.2) is 62.3 Å². The molecule has 1 aliphatic rings. The number of hydrogen-bond donors (Lipinski definition) is 2. The van der Waals surface area contributed by atoms with Crippen molar-refractivity contribution in [2.24, 2.45) is 0 Å². The first-order valence-electron chi connectivity index (χ1n) is 8.44. The third-order valence-corrected chi connectivity index (χ3v) is 6.23. The van der Waals surface area contributed by atoms with Gasteiger partial charge in [0.25, 0.3) is 0 Å². The van der Waals surface area contributed by atoms with Gasteiger partial charge in [0.2, 0.25) is 11.8 Å². The van der Waals surface area contributed by atoms with Crippen LogP contribution in [0.3, 0.4) is 0 Å². The number of anilines is 1. The van der Waals surface area contributed by atoms with E-state index in [0.717, 1.165) is 0 Å². The Kier molecular flexibility index (Phi) is 7.18. The third-order valence-electron chi connectivity index (χ3n) is 4.15. The Balaban J connectivity index is 1.85. The van der Waals surface area contributed by atoms with Gasteiger partial charge in [0.05, 0.1) is 35.2 Å². The van der Waals surface area contributed by atoms with Crippen molar-refractivity contribution in [2.75, 3.05) is 36.5 Å². The minimum absolute atomic E-state index is 0.00536. The summed E-state index contributed by atoms with van der Waals surface area (Å²) in [6, 6.07) is 6.15. The highest BCUT2D eigenvalue weighted by Gasteiger charge is 2.29. The molecule has 2 rings (SSSR count). The molecule has 10 heteroatoms. The molecule has 0 aliphatic carbocycles. The van der Waals surface area contributed by atoms with Crippen LogP contribution in [0.2, 0.25) is 5.02 Å². The molecule has 0 aromatic heterocycles. The number of carbonyl (C=O) groups is 2. The van der Waals surface area contributed by atoms with E-state index < -0.39 is 9.84 Å². The molecule has 2 N–H and O–H groups in total. The second kappa shape index (κ2) is 9.17. The third kappa shape index (κ3) is 6.50. The maximum Gasteiger partial charge on any atom is 0.238 e. The lowest BCUT2D eigenvalue weighted by Gasteiger charge is -2.20. The van der Waals surface area contributed by atoms with Gasteiger partial charge in [-0.15, -0.1) is 0 Å². The summed E-state index contributed by atoms with van der Waals surface area (Å²) < 4.78 is 22.9. The summed E-state index contributed by atoms with van der Waals surface area (Å²) in [6.45, 7) is 2.27. The molecule has 146 valence electrons. The fourth-order valence-corrected chi connectivity index (χ4v) is 4.65. The molecular formula is C17H21ClN4O4S. The summed E-state index contributed by atoms with van der Waals surface area (Å²) in [4.78, 5) is 25.9. The van der Waals surface area contributed by atoms with Gasteiger partial charge >= 0.3 is 0 Å². The SMILES string of the molecule is CCN(CC(=O)Nc1ccc(C#N)c(Cl)c1)CC(=O)N[C@@H]1CCS(=O)(=O)C1. The van der Waals surface area contributed by atoms with E-state index in [1.165, 1.54) is 12.1 Å². The van der Waals surface area contributed by atoms with Gasteiger partial charge in [-0.3, -0.25) is 14.5 Å². The highest BCUT2D eigenvalue weighted by molar-refractivity contribution is 7.91. The van der Waals surface area contributed by atoms with Crippen LogP contribution in [0, 0.1) is 11.3 Å². The molecule has 0 unspecified atom stereocenters. The maximum absolute atomic E-state index is 12.2. The molecular weight excluding hydrogens is 392 g/mol. The predicted molar refractivity (Wildman–Crippen MR) is 102 cm³/mol. The average Bonchev–Trinajstić information content (AvgIpc) is 2.92. The highest BCUT2D eigenvalue weighted by atomic mass is 35.5. The summed E-state index contributed by atoms with van der Waals surface area (Å²) in [5.41, 5.74) is 0.774. The number of carbonyl (C=O) groups excluding carboxylic acids is 2. The topological polar surface area (TPSA) is 119 Å². The monoisotopic (exact) mass is 412 g/mol. The van der Waals surface area contributed by atoms with Gasteiger partial charge in [0.15, 0.2) is 9.84 Å². The van der Waals surface area contributed by atoms with Crippen LogP contribution in [0.1, 0.15) is 18.9 Å². The van der Waals surface area contributed by atoms with Gasteiger partial charge in [-0.25, -0.2) is 8.42 Å². The van der Waals surface area contributed by atoms with Gasteiger partial charge in [-0.2, -0.15) is 5.26 Å². The van der Waals surface area contributed by atoms with Crippen LogP contribution in [0.25, 0.3) is 0 Å². The Morgan fingerprint density at radius 3 is 2.59 bits per heavy atom. The molecule has 1 aliphatic heterocycles. The van der Waals surface area contributed by atoms with Gasteiger partial charge in [0.1, 0.15) is 6.07 Å². The molecule has 0 saturated carbocycles. The largest absolute Gasteiger partial charge is 0.351 e. The second-order valence-electron chi connectivity index (χ2n) is 6.33. The van der Waals surface area contributed by atoms with E-state index in [1.54, 1.807) is 11.0 Å². The quantitative estimate of drug-likeness (QED) is 0.682. The number of likely N-dealkylation sites (N-methyl/N-ethyl adjacent to an activating group) is 1. The first-order chi connectivity index (χ1) is 12.7. The Labute approximate surface area is 163 Å². The fraction of sp³-hybridized carbons (Fsp3) is 0.471. The summed E-state index contributed by atoms with van der Waals surface area (Å²) in [5.74, 6) is -0.586. The number of sulfone groups is 1. The van der Waals surface area contributed by atoms with Crippen LogP contribution in [-0.2, 0) is 19.4 Å². The summed E-state index contributed by atoms with van der Waals surface area (Å²) in [7, 11) is -3.06. The van der Waals surface area contributed by atoms with E-state index in [2.05, 4.69) is 10.6 Å². The Hall–Kier alpha value is -2.15. The van der Waals surface area contributed by atoms with E-state index >= 15 is 0 Å². The molecule has 27 heavy (non-hydrogen) atoms. The fourth-order valence-electron chi connectivity index (χ4n) is 2.75. The van der Waals surface area contributed by atoms with Crippen molar-refractivity contribution in [2.45, 2.75) is 19.4 Å². The van der Waals surface area contributed by atoms with E-state index in [0.29, 0.717) is 24.2 Å². The molecule has 8 nitrogen and oxygen atoms in total. The lowest BCUT2D eigenvalue weighted by atomic mass is 10.2. The molecule has 0 spiro atoms. The Morgan fingerprint density at radius 1 is 1.33 bits per heavy atom. The Bertz CT molecular complexity index is 866. The van der Waals surface area contributed by atoms with Crippen LogP contribution >= 0.6 is 11.6 Å². The summed E-state index contributed by atoms with van der Waals surface area (Å²) in [6.07, 6.45) is 0.417. The van der Waals surface area contributed by atoms with E-state index in [4.69, 9.17) is 16.9 Å². The minimum atomic E-state index is -3.06. The number of rotatable bonds is 7. The van der Waals surface area contributed by atoms with E-state index in [-0.39, 0.29) is 47.5 Å². The molecule has 0 bridgehead atoms. The van der Waals surface area contributed by atoms with Crippen molar-refractivity contribution >= 4 is 38.9 Å². The standard InChI is InChI=1S/C17H21ClN4O4S/c1-2-22(10-17(24)21-14-5-6-27(25,26)11-14)9-16(23)20-13-4-3-12(8-19)15(18)7-13/h3-4,7,14H,2,5-6,9-11H2,1H3,(H,20,23)(H,21,24)/t14-/m1/s1. The first kappa shape index (κ1) is 21.2. The molecule has 1 heterocycles. The first-order valence-corrected chi connectivity index (χ1v) is 10.6. The van der Waals surface area contributed by atoms with Crippen molar-refractivity contribution in [3.05, 3.63) is 28.8 Å². The highest BCUT2D eigenvalue weighted by Crippen LogP contribution is 2.20. The summed E-state index contributed by atoms with van der Waals surface area (Å²) >= 11 is 5.94. The van der Waals surface area contributed by atoms with E-state index in [9.17, 15) is 18.0 Å². The van der Waals surface area contributed by atoms with Crippen molar-refractivity contribution in [3.8, 4) is 6.07 Å². The smallest absolute Gasteiger partial charge is 0.238 e. The number of benzene rings is 1. The van der Waals surface area contributed by atoms with Crippen LogP contribution in [0.4, 0.5) is 5.69 Å². The molecule has 1 atom stereocenters. The van der Waals surface area contributed by atoms with Gasteiger partial charge < -0.3 is 10.6 Å². The predicted octanol–water partition coefficient (Wildman–Crippen LogP) is 0.775. The van der Waals surface area contributed by atoms with Crippen molar-refractivity contribution in [1.82, 2.24) is 10.2 Å². The number of nitriles is 1. The van der Waals surface area contributed by atoms with Gasteiger partial charge in [-0.1, -0.05) is 18.5 Å². The van der Waals surface area contributed by atoms with Gasteiger partial charge in [0, 0.05) is 11.7 Å². The van der Waals surface area contributed by atoms with Crippen molar-refractivity contribution in [3.63, 3.8) is 0 Å². The second-order valence-corrected chi connectivity index (χ2v) is 8.96. The minimum Gasteiger partial charge on any atom is -0.351 e. The van der Waals surface area contributed by atoms with Crippen LogP contribution < -0.4 is 10.6 Å². The van der Waals surface area contributed by atoms with Crippen LogP contribution in [0.15, 0.2) is 18.2 Å². The molecule has 2 amide bonds. The zero-order chi connectivity index (χ0) is 20.0. The number of nitrogens with one attached hydrogen (secondary N) is 2. The van der Waals surface area contributed by atoms with Crippen molar-refractivity contribution in [1.29, 1.82) is 5.26 Å². The average molecular weight is 413 g/mol. The maximum atomic E-state index is 12.2. The molecule has 1 aromatic carbocycles. The van der Waals surface area contributed by atoms with Crippen molar-refractivity contribution < 1.29 is 18.0 Å². The lowest BCUT2D eigenvalue weighted by molar-refractivity contribution is -0.123. The zero-order valence-electron chi connectivity index (χ0n) is 14.9. The van der Waals surface area contributed by atoms with Crippen LogP contribution in [0.5, 0.6) is 0 Å². The summed E-state index contributed by atoms with van der Waals surface area (Å²) in [5, 5.41) is 14.5. The normalized spacial score (nSPS) is 18.1. The molecule has 1 fully saturated rings.